The summed E-state index contributed by atoms with van der Waals surface area (Å²) in [7, 11) is 0. The Morgan fingerprint density at radius 3 is 1.85 bits per heavy atom. The molecule has 0 nitrogen and oxygen atoms in total. The van der Waals surface area contributed by atoms with Crippen LogP contribution in [0.4, 0.5) is 0 Å². The molecule has 5 aromatic carbocycles. The third-order valence-corrected chi connectivity index (χ3v) is 5.09. The molecule has 0 fully saturated rings. The second kappa shape index (κ2) is 6.16. The molecule has 0 amide bonds. The minimum absolute atomic E-state index is 1.25. The summed E-state index contributed by atoms with van der Waals surface area (Å²) >= 11 is 0. The molecule has 0 N–H and O–H groups in total. The highest BCUT2D eigenvalue weighted by Crippen LogP contribution is 2.37. The van der Waals surface area contributed by atoms with E-state index >= 15 is 0 Å². The molecule has 0 heteroatoms. The number of hydrogen-bond donors (Lipinski definition) is 0. The quantitative estimate of drug-likeness (QED) is 0.297. The van der Waals surface area contributed by atoms with Gasteiger partial charge in [-0.05, 0) is 43.8 Å². The van der Waals surface area contributed by atoms with Crippen molar-refractivity contribution < 1.29 is 0 Å². The molecule has 0 saturated heterocycles. The summed E-state index contributed by atoms with van der Waals surface area (Å²) < 4.78 is 0. The van der Waals surface area contributed by atoms with E-state index in [1.165, 1.54) is 43.8 Å². The van der Waals surface area contributed by atoms with E-state index in [-0.39, 0.29) is 0 Å². The Bertz CT molecular complexity index is 1220. The van der Waals surface area contributed by atoms with Crippen molar-refractivity contribution in [3.8, 4) is 22.3 Å². The normalized spacial score (nSPS) is 11.1. The molecule has 0 aliphatic rings. The summed E-state index contributed by atoms with van der Waals surface area (Å²) in [4.78, 5) is 0. The third kappa shape index (κ3) is 2.39. The van der Waals surface area contributed by atoms with Crippen LogP contribution in [-0.4, -0.2) is 0 Å². The fourth-order valence-electron chi connectivity index (χ4n) is 3.86. The highest BCUT2D eigenvalue weighted by atomic mass is 14.1. The third-order valence-electron chi connectivity index (χ3n) is 5.09. The van der Waals surface area contributed by atoms with Crippen LogP contribution in [0.25, 0.3) is 43.8 Å². The van der Waals surface area contributed by atoms with Crippen LogP contribution in [0.5, 0.6) is 0 Å². The van der Waals surface area contributed by atoms with Gasteiger partial charge >= 0.3 is 0 Å². The first kappa shape index (κ1) is 14.9. The highest BCUT2D eigenvalue weighted by molar-refractivity contribution is 6.12. The Labute approximate surface area is 153 Å². The zero-order chi connectivity index (χ0) is 17.3. The first-order chi connectivity index (χ1) is 12.9. The van der Waals surface area contributed by atoms with Gasteiger partial charge in [-0.2, -0.15) is 0 Å². The Kier molecular flexibility index (Phi) is 3.54. The number of rotatable bonds is 2. The summed E-state index contributed by atoms with van der Waals surface area (Å²) in [6.45, 7) is 0. The summed E-state index contributed by atoms with van der Waals surface area (Å²) in [5, 5.41) is 5.20. The topological polar surface area (TPSA) is 0 Å². The molecule has 0 aromatic heterocycles. The lowest BCUT2D eigenvalue weighted by molar-refractivity contribution is 1.60. The molecule has 0 bridgehead atoms. The fourth-order valence-corrected chi connectivity index (χ4v) is 3.86. The summed E-state index contributed by atoms with van der Waals surface area (Å²) in [5.74, 6) is 0. The van der Waals surface area contributed by atoms with E-state index in [1.54, 1.807) is 0 Å². The van der Waals surface area contributed by atoms with Crippen molar-refractivity contribution in [1.29, 1.82) is 0 Å². The predicted molar refractivity (Wildman–Crippen MR) is 112 cm³/mol. The number of hydrogen-bond acceptors (Lipinski definition) is 0. The van der Waals surface area contributed by atoms with Gasteiger partial charge in [0.15, 0.2) is 0 Å². The van der Waals surface area contributed by atoms with Gasteiger partial charge in [-0.1, -0.05) is 109 Å². The second-order valence-corrected chi connectivity index (χ2v) is 6.60. The van der Waals surface area contributed by atoms with Crippen LogP contribution in [-0.2, 0) is 0 Å². The monoisotopic (exact) mass is 330 g/mol. The van der Waals surface area contributed by atoms with E-state index in [0.717, 1.165) is 0 Å². The van der Waals surface area contributed by atoms with Crippen molar-refractivity contribution in [2.24, 2.45) is 0 Å². The van der Waals surface area contributed by atoms with Gasteiger partial charge in [0.05, 0.1) is 0 Å². The molecule has 0 heterocycles. The van der Waals surface area contributed by atoms with E-state index in [0.29, 0.717) is 0 Å². The molecule has 5 aromatic rings. The van der Waals surface area contributed by atoms with Gasteiger partial charge in [-0.3, -0.25) is 0 Å². The van der Waals surface area contributed by atoms with Gasteiger partial charge in [0.2, 0.25) is 0 Å². The smallest absolute Gasteiger partial charge is 0.00987 e. The van der Waals surface area contributed by atoms with Crippen LogP contribution < -0.4 is 0 Å². The van der Waals surface area contributed by atoms with E-state index in [2.05, 4.69) is 109 Å². The molecule has 5 rings (SSSR count). The molecule has 0 atom stereocenters. The molecule has 0 spiro atoms. The molecule has 0 aliphatic heterocycles. The second-order valence-electron chi connectivity index (χ2n) is 6.60. The summed E-state index contributed by atoms with van der Waals surface area (Å²) in [5.41, 5.74) is 5.09. The zero-order valence-corrected chi connectivity index (χ0v) is 14.4. The van der Waals surface area contributed by atoms with Crippen molar-refractivity contribution in [3.63, 3.8) is 0 Å². The fraction of sp³-hybridized carbons (Fsp3) is 0. The van der Waals surface area contributed by atoms with E-state index in [1.807, 2.05) is 0 Å². The lowest BCUT2D eigenvalue weighted by Crippen LogP contribution is -1.87. The zero-order valence-electron chi connectivity index (χ0n) is 14.4. The van der Waals surface area contributed by atoms with Gasteiger partial charge in [0.25, 0.3) is 0 Å². The Balaban J connectivity index is 1.83. The minimum Gasteiger partial charge on any atom is -0.0622 e. The van der Waals surface area contributed by atoms with Crippen molar-refractivity contribution >= 4 is 21.5 Å². The molecule has 122 valence electrons. The molecule has 0 unspecified atom stereocenters. The van der Waals surface area contributed by atoms with Crippen LogP contribution in [0.2, 0.25) is 0 Å². The molecule has 0 radical (unpaired) electrons. The van der Waals surface area contributed by atoms with Gasteiger partial charge < -0.3 is 0 Å². The van der Waals surface area contributed by atoms with E-state index in [4.69, 9.17) is 0 Å². The average Bonchev–Trinajstić information content (AvgIpc) is 2.74. The minimum atomic E-state index is 1.25. The van der Waals surface area contributed by atoms with Crippen LogP contribution in [0, 0.1) is 0 Å². The maximum absolute atomic E-state index is 2.26. The van der Waals surface area contributed by atoms with E-state index in [9.17, 15) is 0 Å². The van der Waals surface area contributed by atoms with Crippen molar-refractivity contribution in [2.45, 2.75) is 0 Å². The molecule has 26 heavy (non-hydrogen) atoms. The first-order valence-corrected chi connectivity index (χ1v) is 8.97. The Morgan fingerprint density at radius 1 is 0.308 bits per heavy atom. The van der Waals surface area contributed by atoms with Crippen LogP contribution in [0.3, 0.4) is 0 Å². The maximum Gasteiger partial charge on any atom is -0.00987 e. The highest BCUT2D eigenvalue weighted by Gasteiger charge is 2.10. The van der Waals surface area contributed by atoms with Crippen molar-refractivity contribution in [1.82, 2.24) is 0 Å². The van der Waals surface area contributed by atoms with Crippen LogP contribution in [0.1, 0.15) is 0 Å². The number of fused-ring (bicyclic) bond motifs is 3. The number of benzene rings is 5. The largest absolute Gasteiger partial charge is 0.0622 e. The first-order valence-electron chi connectivity index (χ1n) is 8.97. The standard InChI is InChI=1S/C26H18/c1-2-9-19(10-3-1)21-13-6-7-14-23(21)25-16-8-15-24-22-12-5-4-11-20(22)17-18-26(24)25/h1-18H. The summed E-state index contributed by atoms with van der Waals surface area (Å²) in [6, 6.07) is 39.0. The Hall–Kier alpha value is -3.38. The maximum atomic E-state index is 2.26. The van der Waals surface area contributed by atoms with Gasteiger partial charge in [-0.25, -0.2) is 0 Å². The molecular weight excluding hydrogens is 312 g/mol. The van der Waals surface area contributed by atoms with E-state index < -0.39 is 0 Å². The van der Waals surface area contributed by atoms with Crippen molar-refractivity contribution in [2.75, 3.05) is 0 Å². The van der Waals surface area contributed by atoms with Crippen LogP contribution >= 0.6 is 0 Å². The predicted octanol–water partition coefficient (Wildman–Crippen LogP) is 7.33. The van der Waals surface area contributed by atoms with Gasteiger partial charge in [0.1, 0.15) is 0 Å². The Morgan fingerprint density at radius 2 is 0.962 bits per heavy atom. The molecule has 0 aliphatic carbocycles. The summed E-state index contributed by atoms with van der Waals surface area (Å²) in [6.07, 6.45) is 0. The molecular formula is C26H18. The SMILES string of the molecule is c1ccc(-c2ccccc2-c2cccc3c2ccc2ccccc23)cc1. The van der Waals surface area contributed by atoms with Gasteiger partial charge in [-0.15, -0.1) is 0 Å². The van der Waals surface area contributed by atoms with Crippen LogP contribution in [0.15, 0.2) is 109 Å². The van der Waals surface area contributed by atoms with Crippen molar-refractivity contribution in [3.05, 3.63) is 109 Å². The lowest BCUT2D eigenvalue weighted by atomic mass is 9.90. The average molecular weight is 330 g/mol. The molecule has 0 saturated carbocycles. The van der Waals surface area contributed by atoms with Gasteiger partial charge in [0, 0.05) is 0 Å². The lowest BCUT2D eigenvalue weighted by Gasteiger charge is -2.14.